The summed E-state index contributed by atoms with van der Waals surface area (Å²) in [7, 11) is 0. The highest BCUT2D eigenvalue weighted by Crippen LogP contribution is 2.36. The van der Waals surface area contributed by atoms with Crippen LogP contribution in [0, 0.1) is 5.82 Å². The molecular weight excluding hydrogens is 339 g/mol. The molecule has 0 bridgehead atoms. The van der Waals surface area contributed by atoms with Crippen LogP contribution in [0.25, 0.3) is 11.1 Å². The van der Waals surface area contributed by atoms with Gasteiger partial charge < -0.3 is 14.5 Å². The molecule has 2 heterocycles. The number of H-pyrrole nitrogens is 1. The molecule has 1 aliphatic rings. The summed E-state index contributed by atoms with van der Waals surface area (Å²) in [5, 5.41) is 2.89. The van der Waals surface area contributed by atoms with E-state index in [2.05, 4.69) is 10.3 Å². The third-order valence-electron chi connectivity index (χ3n) is 4.84. The van der Waals surface area contributed by atoms with E-state index < -0.39 is 11.2 Å². The van der Waals surface area contributed by atoms with E-state index in [4.69, 9.17) is 9.15 Å². The van der Waals surface area contributed by atoms with Crippen molar-refractivity contribution in [2.45, 2.75) is 18.3 Å². The zero-order chi connectivity index (χ0) is 18.1. The Kier molecular flexibility index (Phi) is 4.08. The van der Waals surface area contributed by atoms with Crippen LogP contribution in [0.3, 0.4) is 0 Å². The lowest BCUT2D eigenvalue weighted by Gasteiger charge is -2.36. The van der Waals surface area contributed by atoms with Crippen LogP contribution in [0.4, 0.5) is 10.1 Å². The average molecular weight is 356 g/mol. The lowest BCUT2D eigenvalue weighted by molar-refractivity contribution is -0.125. The van der Waals surface area contributed by atoms with Crippen LogP contribution in [-0.2, 0) is 14.9 Å². The number of hydrogen-bond acceptors (Lipinski definition) is 4. The van der Waals surface area contributed by atoms with E-state index in [0.717, 1.165) is 0 Å². The molecule has 0 aliphatic carbocycles. The van der Waals surface area contributed by atoms with Gasteiger partial charge in [0, 0.05) is 18.9 Å². The van der Waals surface area contributed by atoms with Crippen LogP contribution in [0.1, 0.15) is 18.4 Å². The standard InChI is InChI=1S/C19H17FN2O4/c20-13-3-1-2-12(10-13)19(6-8-25-9-7-19)17(23)21-14-4-5-16-15(11-14)22-18(24)26-16/h1-5,10-11H,6-9H2,(H,21,23)(H,22,24). The first-order chi connectivity index (χ1) is 12.6. The highest BCUT2D eigenvalue weighted by Gasteiger charge is 2.42. The quantitative estimate of drug-likeness (QED) is 0.756. The van der Waals surface area contributed by atoms with Gasteiger partial charge in [-0.1, -0.05) is 12.1 Å². The van der Waals surface area contributed by atoms with Crippen LogP contribution in [0.5, 0.6) is 0 Å². The van der Waals surface area contributed by atoms with Crippen molar-refractivity contribution in [3.8, 4) is 0 Å². The third-order valence-corrected chi connectivity index (χ3v) is 4.84. The first kappa shape index (κ1) is 16.5. The first-order valence-corrected chi connectivity index (χ1v) is 8.35. The van der Waals surface area contributed by atoms with Gasteiger partial charge in [-0.05, 0) is 48.7 Å². The van der Waals surface area contributed by atoms with Gasteiger partial charge in [-0.2, -0.15) is 0 Å². The number of aromatic amines is 1. The molecule has 0 radical (unpaired) electrons. The summed E-state index contributed by atoms with van der Waals surface area (Å²) in [5.74, 6) is -1.15. The number of amides is 1. The molecule has 0 atom stereocenters. The molecule has 7 heteroatoms. The average Bonchev–Trinajstić information content (AvgIpc) is 3.01. The molecule has 0 unspecified atom stereocenters. The summed E-state index contributed by atoms with van der Waals surface area (Å²) >= 11 is 0. The largest absolute Gasteiger partial charge is 0.417 e. The predicted molar refractivity (Wildman–Crippen MR) is 93.6 cm³/mol. The van der Waals surface area contributed by atoms with Gasteiger partial charge in [-0.15, -0.1) is 0 Å². The minimum Gasteiger partial charge on any atom is -0.408 e. The fourth-order valence-electron chi connectivity index (χ4n) is 3.43. The van der Waals surface area contributed by atoms with Gasteiger partial charge in [-0.25, -0.2) is 9.18 Å². The summed E-state index contributed by atoms with van der Waals surface area (Å²) in [5.41, 5.74) is 1.22. The predicted octanol–water partition coefficient (Wildman–Crippen LogP) is 2.95. The Morgan fingerprint density at radius 3 is 2.73 bits per heavy atom. The second kappa shape index (κ2) is 6.42. The van der Waals surface area contributed by atoms with Crippen molar-refractivity contribution in [2.75, 3.05) is 18.5 Å². The zero-order valence-corrected chi connectivity index (χ0v) is 13.9. The Morgan fingerprint density at radius 1 is 1.15 bits per heavy atom. The first-order valence-electron chi connectivity index (χ1n) is 8.35. The molecule has 4 rings (SSSR count). The number of rotatable bonds is 3. The van der Waals surface area contributed by atoms with Gasteiger partial charge in [-0.3, -0.25) is 9.78 Å². The van der Waals surface area contributed by atoms with Gasteiger partial charge in [0.15, 0.2) is 5.58 Å². The summed E-state index contributed by atoms with van der Waals surface area (Å²) in [6, 6.07) is 11.1. The number of carbonyl (C=O) groups is 1. The molecule has 0 spiro atoms. The topological polar surface area (TPSA) is 84.3 Å². The minimum absolute atomic E-state index is 0.225. The number of oxazole rings is 1. The Balaban J connectivity index is 1.68. The van der Waals surface area contributed by atoms with Gasteiger partial charge >= 0.3 is 5.76 Å². The fourth-order valence-corrected chi connectivity index (χ4v) is 3.43. The summed E-state index contributed by atoms with van der Waals surface area (Å²) in [4.78, 5) is 27.0. The van der Waals surface area contributed by atoms with Crippen molar-refractivity contribution in [1.29, 1.82) is 0 Å². The molecule has 3 aromatic rings. The number of hydrogen-bond donors (Lipinski definition) is 2. The molecule has 1 amide bonds. The Labute approximate surface area is 148 Å². The van der Waals surface area contributed by atoms with E-state index >= 15 is 0 Å². The summed E-state index contributed by atoms with van der Waals surface area (Å²) in [6.07, 6.45) is 0.931. The fraction of sp³-hybridized carbons (Fsp3) is 0.263. The number of nitrogens with one attached hydrogen (secondary N) is 2. The molecule has 6 nitrogen and oxygen atoms in total. The van der Waals surface area contributed by atoms with Crippen molar-refractivity contribution < 1.29 is 18.3 Å². The minimum atomic E-state index is -0.862. The van der Waals surface area contributed by atoms with Crippen molar-refractivity contribution in [3.63, 3.8) is 0 Å². The molecular formula is C19H17FN2O4. The van der Waals surface area contributed by atoms with E-state index in [1.165, 1.54) is 12.1 Å². The Morgan fingerprint density at radius 2 is 1.96 bits per heavy atom. The highest BCUT2D eigenvalue weighted by atomic mass is 19.1. The van der Waals surface area contributed by atoms with Gasteiger partial charge in [0.1, 0.15) is 5.82 Å². The van der Waals surface area contributed by atoms with Crippen LogP contribution in [-0.4, -0.2) is 24.1 Å². The molecule has 0 saturated carbocycles. The molecule has 1 aromatic heterocycles. The number of ether oxygens (including phenoxy) is 1. The molecule has 134 valence electrons. The van der Waals surface area contributed by atoms with Crippen LogP contribution in [0.15, 0.2) is 51.7 Å². The van der Waals surface area contributed by atoms with Crippen molar-refractivity contribution in [1.82, 2.24) is 4.98 Å². The second-order valence-electron chi connectivity index (χ2n) is 6.38. The Bertz CT molecular complexity index is 1020. The van der Waals surface area contributed by atoms with Crippen LogP contribution < -0.4 is 11.1 Å². The molecule has 26 heavy (non-hydrogen) atoms. The number of fused-ring (bicyclic) bond motifs is 1. The van der Waals surface area contributed by atoms with Crippen molar-refractivity contribution >= 4 is 22.7 Å². The van der Waals surface area contributed by atoms with Gasteiger partial charge in [0.05, 0.1) is 10.9 Å². The molecule has 2 aromatic carbocycles. The lowest BCUT2D eigenvalue weighted by Crippen LogP contribution is -2.44. The van der Waals surface area contributed by atoms with E-state index in [1.54, 1.807) is 30.3 Å². The van der Waals surface area contributed by atoms with Crippen LogP contribution >= 0.6 is 0 Å². The zero-order valence-electron chi connectivity index (χ0n) is 13.9. The maximum absolute atomic E-state index is 13.8. The van der Waals surface area contributed by atoms with E-state index in [0.29, 0.717) is 48.4 Å². The number of anilines is 1. The Hall–Kier alpha value is -2.93. The van der Waals surface area contributed by atoms with Gasteiger partial charge in [0.2, 0.25) is 5.91 Å². The lowest BCUT2D eigenvalue weighted by atomic mass is 9.73. The number of aromatic nitrogens is 1. The molecule has 1 saturated heterocycles. The molecule has 1 aliphatic heterocycles. The highest BCUT2D eigenvalue weighted by molar-refractivity contribution is 6.00. The summed E-state index contributed by atoms with van der Waals surface area (Å²) in [6.45, 7) is 0.857. The monoisotopic (exact) mass is 356 g/mol. The van der Waals surface area contributed by atoms with Gasteiger partial charge in [0.25, 0.3) is 0 Å². The SMILES string of the molecule is O=C(Nc1ccc2oc(=O)[nH]c2c1)C1(c2cccc(F)c2)CCOCC1. The maximum atomic E-state index is 13.8. The normalized spacial score (nSPS) is 16.5. The van der Waals surface area contributed by atoms with Crippen molar-refractivity contribution in [3.05, 3.63) is 64.4 Å². The number of carbonyl (C=O) groups excluding carboxylic acids is 1. The molecule has 2 N–H and O–H groups in total. The third kappa shape index (κ3) is 2.90. The maximum Gasteiger partial charge on any atom is 0.417 e. The van der Waals surface area contributed by atoms with E-state index in [9.17, 15) is 14.0 Å². The number of benzene rings is 2. The van der Waals surface area contributed by atoms with E-state index in [-0.39, 0.29) is 11.7 Å². The summed E-state index contributed by atoms with van der Waals surface area (Å²) < 4.78 is 24.1. The molecule has 1 fully saturated rings. The smallest absolute Gasteiger partial charge is 0.408 e. The van der Waals surface area contributed by atoms with E-state index in [1.807, 2.05) is 0 Å². The van der Waals surface area contributed by atoms with Crippen LogP contribution in [0.2, 0.25) is 0 Å². The van der Waals surface area contributed by atoms with Crippen molar-refractivity contribution in [2.24, 2.45) is 0 Å². The second-order valence-corrected chi connectivity index (χ2v) is 6.38. The number of halogens is 1.